The van der Waals surface area contributed by atoms with Gasteiger partial charge in [-0.2, -0.15) is 11.8 Å². The van der Waals surface area contributed by atoms with Crippen LogP contribution in [0.4, 0.5) is 5.13 Å². The van der Waals surface area contributed by atoms with E-state index in [-0.39, 0.29) is 5.54 Å². The smallest absolute Gasteiger partial charge is 0.185 e. The molecule has 1 atom stereocenters. The van der Waals surface area contributed by atoms with E-state index in [0.717, 1.165) is 30.8 Å². The second-order valence-electron chi connectivity index (χ2n) is 7.31. The lowest BCUT2D eigenvalue weighted by molar-refractivity contribution is 0.425. The molecule has 1 saturated heterocycles. The van der Waals surface area contributed by atoms with E-state index in [2.05, 4.69) is 49.7 Å². The van der Waals surface area contributed by atoms with Crippen LogP contribution in [0, 0.1) is 0 Å². The molecule has 2 aliphatic rings. The fourth-order valence-corrected chi connectivity index (χ4v) is 4.76. The van der Waals surface area contributed by atoms with Crippen LogP contribution in [0.25, 0.3) is 0 Å². The lowest BCUT2D eigenvalue weighted by Crippen LogP contribution is -2.36. The van der Waals surface area contributed by atoms with Gasteiger partial charge in [-0.3, -0.25) is 0 Å². The molecule has 2 heterocycles. The van der Waals surface area contributed by atoms with Gasteiger partial charge < -0.3 is 10.2 Å². The summed E-state index contributed by atoms with van der Waals surface area (Å²) in [6, 6.07) is 0. The van der Waals surface area contributed by atoms with Gasteiger partial charge in [0.2, 0.25) is 0 Å². The van der Waals surface area contributed by atoms with Gasteiger partial charge >= 0.3 is 0 Å². The fraction of sp³-hybridized carbons (Fsp3) is 0.812. The zero-order valence-electron chi connectivity index (χ0n) is 13.6. The Bertz CT molecular complexity index is 488. The van der Waals surface area contributed by atoms with E-state index in [1.807, 2.05) is 11.3 Å². The Kier molecular flexibility index (Phi) is 4.53. The first kappa shape index (κ1) is 15.6. The largest absolute Gasteiger partial charge is 0.346 e. The number of aromatic nitrogens is 1. The number of thiazole rings is 1. The van der Waals surface area contributed by atoms with Crippen LogP contribution in [0.3, 0.4) is 0 Å². The molecule has 0 spiro atoms. The highest BCUT2D eigenvalue weighted by atomic mass is 32.2. The van der Waals surface area contributed by atoms with Crippen molar-refractivity contribution < 1.29 is 0 Å². The summed E-state index contributed by atoms with van der Waals surface area (Å²) in [7, 11) is 0. The first-order valence-electron chi connectivity index (χ1n) is 8.03. The number of anilines is 1. The lowest BCUT2D eigenvalue weighted by Gasteiger charge is -2.30. The van der Waals surface area contributed by atoms with Crippen LogP contribution >= 0.6 is 23.1 Å². The molecule has 5 heteroatoms. The van der Waals surface area contributed by atoms with Crippen molar-refractivity contribution in [1.29, 1.82) is 0 Å². The third kappa shape index (κ3) is 4.14. The van der Waals surface area contributed by atoms with Gasteiger partial charge in [0.1, 0.15) is 0 Å². The maximum atomic E-state index is 5.03. The molecular weight excluding hydrogens is 298 g/mol. The Morgan fingerprint density at radius 2 is 2.10 bits per heavy atom. The first-order chi connectivity index (χ1) is 9.92. The minimum Gasteiger partial charge on any atom is -0.346 e. The standard InChI is InChI=1S/C16H27N3S2/c1-11-10-19(7-8-20-11)15-18-14(12-5-6-12)13(21-15)9-17-16(2,3)4/h11-12,17H,5-10H2,1-4H3. The Hall–Kier alpha value is -0.260. The molecule has 1 aromatic heterocycles. The maximum absolute atomic E-state index is 5.03. The number of hydrogen-bond acceptors (Lipinski definition) is 5. The maximum Gasteiger partial charge on any atom is 0.185 e. The van der Waals surface area contributed by atoms with E-state index in [4.69, 9.17) is 4.98 Å². The number of rotatable bonds is 4. The highest BCUT2D eigenvalue weighted by molar-refractivity contribution is 8.00. The Morgan fingerprint density at radius 3 is 2.71 bits per heavy atom. The molecule has 1 N–H and O–H groups in total. The third-order valence-corrected chi connectivity index (χ3v) is 6.24. The van der Waals surface area contributed by atoms with Gasteiger partial charge in [0.05, 0.1) is 5.69 Å². The molecule has 2 fully saturated rings. The molecule has 0 amide bonds. The molecule has 0 radical (unpaired) electrons. The number of thioether (sulfide) groups is 1. The molecular formula is C16H27N3S2. The molecule has 0 aromatic carbocycles. The molecule has 3 nitrogen and oxygen atoms in total. The highest BCUT2D eigenvalue weighted by Gasteiger charge is 2.31. The summed E-state index contributed by atoms with van der Waals surface area (Å²) in [4.78, 5) is 8.99. The summed E-state index contributed by atoms with van der Waals surface area (Å²) in [5.41, 5.74) is 1.55. The van der Waals surface area contributed by atoms with Crippen LogP contribution in [0.2, 0.25) is 0 Å². The van der Waals surface area contributed by atoms with Crippen molar-refractivity contribution in [2.24, 2.45) is 0 Å². The number of hydrogen-bond donors (Lipinski definition) is 1. The van der Waals surface area contributed by atoms with Crippen LogP contribution in [0.1, 0.15) is 57.0 Å². The minimum atomic E-state index is 0.168. The number of nitrogens with zero attached hydrogens (tertiary/aromatic N) is 2. The predicted octanol–water partition coefficient (Wildman–Crippen LogP) is 3.85. The van der Waals surface area contributed by atoms with E-state index in [1.165, 1.54) is 34.3 Å². The van der Waals surface area contributed by atoms with Crippen molar-refractivity contribution in [3.05, 3.63) is 10.6 Å². The molecule has 1 aliphatic heterocycles. The molecule has 21 heavy (non-hydrogen) atoms. The summed E-state index contributed by atoms with van der Waals surface area (Å²) < 4.78 is 0. The Balaban J connectivity index is 1.76. The van der Waals surface area contributed by atoms with Gasteiger partial charge in [0.25, 0.3) is 0 Å². The summed E-state index contributed by atoms with van der Waals surface area (Å²) in [5, 5.41) is 5.62. The fourth-order valence-electron chi connectivity index (χ4n) is 2.63. The van der Waals surface area contributed by atoms with E-state index in [1.54, 1.807) is 0 Å². The van der Waals surface area contributed by atoms with Crippen molar-refractivity contribution in [2.45, 2.75) is 63.8 Å². The van der Waals surface area contributed by atoms with Gasteiger partial charge in [0, 0.05) is 47.0 Å². The van der Waals surface area contributed by atoms with Crippen molar-refractivity contribution in [3.8, 4) is 0 Å². The van der Waals surface area contributed by atoms with E-state index in [0.29, 0.717) is 0 Å². The summed E-state index contributed by atoms with van der Waals surface area (Å²) >= 11 is 4.00. The van der Waals surface area contributed by atoms with Crippen LogP contribution in [0.15, 0.2) is 0 Å². The van der Waals surface area contributed by atoms with Gasteiger partial charge in [-0.05, 0) is 33.6 Å². The zero-order chi connectivity index (χ0) is 15.0. The van der Waals surface area contributed by atoms with Crippen LogP contribution in [-0.2, 0) is 6.54 Å². The lowest BCUT2D eigenvalue weighted by atomic mass is 10.1. The second kappa shape index (κ2) is 6.09. The summed E-state index contributed by atoms with van der Waals surface area (Å²) in [5.74, 6) is 1.97. The molecule has 118 valence electrons. The van der Waals surface area contributed by atoms with Crippen molar-refractivity contribution in [1.82, 2.24) is 10.3 Å². The van der Waals surface area contributed by atoms with E-state index >= 15 is 0 Å². The summed E-state index contributed by atoms with van der Waals surface area (Å²) in [6.45, 7) is 12.3. The summed E-state index contributed by atoms with van der Waals surface area (Å²) in [6.07, 6.45) is 2.66. The molecule has 0 bridgehead atoms. The molecule has 1 unspecified atom stereocenters. The monoisotopic (exact) mass is 325 g/mol. The quantitative estimate of drug-likeness (QED) is 0.910. The molecule has 1 saturated carbocycles. The van der Waals surface area contributed by atoms with Crippen molar-refractivity contribution in [3.63, 3.8) is 0 Å². The first-order valence-corrected chi connectivity index (χ1v) is 9.90. The Morgan fingerprint density at radius 1 is 1.33 bits per heavy atom. The molecule has 3 rings (SSSR count). The SMILES string of the molecule is CC1CN(c2nc(C3CC3)c(CNC(C)(C)C)s2)CCS1. The third-order valence-electron chi connectivity index (χ3n) is 3.97. The zero-order valence-corrected chi connectivity index (χ0v) is 15.2. The Labute approximate surface area is 136 Å². The van der Waals surface area contributed by atoms with Crippen LogP contribution in [-0.4, -0.2) is 34.6 Å². The average molecular weight is 326 g/mol. The van der Waals surface area contributed by atoms with Crippen molar-refractivity contribution in [2.75, 3.05) is 23.7 Å². The topological polar surface area (TPSA) is 28.2 Å². The van der Waals surface area contributed by atoms with E-state index < -0.39 is 0 Å². The van der Waals surface area contributed by atoms with Gasteiger partial charge in [-0.15, -0.1) is 11.3 Å². The second-order valence-corrected chi connectivity index (χ2v) is 9.92. The average Bonchev–Trinajstić information content (AvgIpc) is 3.15. The predicted molar refractivity (Wildman–Crippen MR) is 94.8 cm³/mol. The van der Waals surface area contributed by atoms with Gasteiger partial charge in [0.15, 0.2) is 5.13 Å². The molecule has 1 aromatic rings. The normalized spacial score (nSPS) is 23.6. The highest BCUT2D eigenvalue weighted by Crippen LogP contribution is 2.44. The minimum absolute atomic E-state index is 0.168. The van der Waals surface area contributed by atoms with Gasteiger partial charge in [-0.25, -0.2) is 4.98 Å². The molecule has 1 aliphatic carbocycles. The van der Waals surface area contributed by atoms with Crippen LogP contribution in [0.5, 0.6) is 0 Å². The van der Waals surface area contributed by atoms with Gasteiger partial charge in [-0.1, -0.05) is 6.92 Å². The number of nitrogens with one attached hydrogen (secondary N) is 1. The van der Waals surface area contributed by atoms with Crippen molar-refractivity contribution >= 4 is 28.2 Å². The van der Waals surface area contributed by atoms with Crippen LogP contribution < -0.4 is 10.2 Å². The van der Waals surface area contributed by atoms with E-state index in [9.17, 15) is 0 Å².